The first-order chi connectivity index (χ1) is 8.01. The van der Waals surface area contributed by atoms with Gasteiger partial charge in [0, 0.05) is 13.2 Å². The highest BCUT2D eigenvalue weighted by molar-refractivity contribution is 5.96. The number of hydrogen-bond acceptors (Lipinski definition) is 3. The van der Waals surface area contributed by atoms with Crippen LogP contribution < -0.4 is 5.32 Å². The standard InChI is InChI=1S/C12H22N2O3/c1-5-10-11(15)13-9(4)12(16)14(10)7-8(3)17-6-2/h8-10H,5-7H2,1-4H3,(H,13,15). The Morgan fingerprint density at radius 2 is 2.06 bits per heavy atom. The molecule has 98 valence electrons. The molecule has 3 unspecified atom stereocenters. The molecule has 1 aliphatic heterocycles. The summed E-state index contributed by atoms with van der Waals surface area (Å²) in [7, 11) is 0. The summed E-state index contributed by atoms with van der Waals surface area (Å²) < 4.78 is 5.43. The SMILES string of the molecule is CCOC(C)CN1C(=O)C(C)NC(=O)C1CC. The largest absolute Gasteiger partial charge is 0.377 e. The summed E-state index contributed by atoms with van der Waals surface area (Å²) in [5.74, 6) is -0.0914. The molecule has 0 aliphatic carbocycles. The van der Waals surface area contributed by atoms with E-state index in [9.17, 15) is 9.59 Å². The quantitative estimate of drug-likeness (QED) is 0.765. The van der Waals surface area contributed by atoms with Gasteiger partial charge >= 0.3 is 0 Å². The van der Waals surface area contributed by atoms with E-state index in [0.29, 0.717) is 19.6 Å². The molecule has 17 heavy (non-hydrogen) atoms. The minimum atomic E-state index is -0.431. The third-order valence-corrected chi connectivity index (χ3v) is 2.98. The smallest absolute Gasteiger partial charge is 0.245 e. The first kappa shape index (κ1) is 14.0. The van der Waals surface area contributed by atoms with Gasteiger partial charge in [-0.3, -0.25) is 9.59 Å². The number of nitrogens with zero attached hydrogens (tertiary/aromatic N) is 1. The van der Waals surface area contributed by atoms with Crippen molar-refractivity contribution in [1.29, 1.82) is 0 Å². The van der Waals surface area contributed by atoms with Crippen molar-refractivity contribution >= 4 is 11.8 Å². The number of hydrogen-bond donors (Lipinski definition) is 1. The van der Waals surface area contributed by atoms with Crippen LogP contribution in [0.5, 0.6) is 0 Å². The van der Waals surface area contributed by atoms with Crippen LogP contribution >= 0.6 is 0 Å². The zero-order valence-electron chi connectivity index (χ0n) is 11.0. The molecule has 1 fully saturated rings. The number of nitrogens with one attached hydrogen (secondary N) is 1. The third kappa shape index (κ3) is 3.19. The van der Waals surface area contributed by atoms with Crippen LogP contribution in [-0.2, 0) is 14.3 Å². The van der Waals surface area contributed by atoms with E-state index in [4.69, 9.17) is 4.74 Å². The third-order valence-electron chi connectivity index (χ3n) is 2.98. The predicted octanol–water partition coefficient (Wildman–Crippen LogP) is 0.537. The highest BCUT2D eigenvalue weighted by atomic mass is 16.5. The van der Waals surface area contributed by atoms with Crippen LogP contribution in [0.1, 0.15) is 34.1 Å². The Morgan fingerprint density at radius 3 is 2.59 bits per heavy atom. The van der Waals surface area contributed by atoms with E-state index in [0.717, 1.165) is 0 Å². The summed E-state index contributed by atoms with van der Waals surface area (Å²) in [5.41, 5.74) is 0. The minimum Gasteiger partial charge on any atom is -0.377 e. The van der Waals surface area contributed by atoms with Crippen molar-refractivity contribution in [3.8, 4) is 0 Å². The first-order valence-corrected chi connectivity index (χ1v) is 6.23. The monoisotopic (exact) mass is 242 g/mol. The normalized spacial score (nSPS) is 26.9. The van der Waals surface area contributed by atoms with Crippen molar-refractivity contribution in [2.75, 3.05) is 13.2 Å². The Kier molecular flexibility index (Phi) is 4.93. The first-order valence-electron chi connectivity index (χ1n) is 6.23. The molecule has 0 saturated carbocycles. The number of amides is 2. The van der Waals surface area contributed by atoms with Gasteiger partial charge in [0.25, 0.3) is 0 Å². The molecule has 1 aliphatic rings. The molecule has 1 heterocycles. The van der Waals surface area contributed by atoms with Gasteiger partial charge < -0.3 is 15.0 Å². The van der Waals surface area contributed by atoms with Gasteiger partial charge in [0.05, 0.1) is 6.10 Å². The summed E-state index contributed by atoms with van der Waals surface area (Å²) in [6.07, 6.45) is 0.583. The second-order valence-electron chi connectivity index (χ2n) is 4.41. The van der Waals surface area contributed by atoms with Crippen molar-refractivity contribution in [2.45, 2.75) is 52.3 Å². The molecular weight excluding hydrogens is 220 g/mol. The maximum absolute atomic E-state index is 12.0. The number of carbonyl (C=O) groups is 2. The number of ether oxygens (including phenoxy) is 1. The van der Waals surface area contributed by atoms with Crippen LogP contribution in [-0.4, -0.2) is 48.1 Å². The Hall–Kier alpha value is -1.10. The zero-order valence-corrected chi connectivity index (χ0v) is 11.0. The Labute approximate surface area is 102 Å². The van der Waals surface area contributed by atoms with Crippen molar-refractivity contribution < 1.29 is 14.3 Å². The fraction of sp³-hybridized carbons (Fsp3) is 0.833. The van der Waals surface area contributed by atoms with E-state index < -0.39 is 6.04 Å². The maximum Gasteiger partial charge on any atom is 0.245 e. The van der Waals surface area contributed by atoms with E-state index in [1.54, 1.807) is 11.8 Å². The molecule has 5 nitrogen and oxygen atoms in total. The maximum atomic E-state index is 12.0. The summed E-state index contributed by atoms with van der Waals surface area (Å²) in [4.78, 5) is 25.5. The molecule has 0 radical (unpaired) electrons. The average molecular weight is 242 g/mol. The van der Waals surface area contributed by atoms with Gasteiger partial charge in [0.2, 0.25) is 11.8 Å². The molecule has 3 atom stereocenters. The van der Waals surface area contributed by atoms with Crippen molar-refractivity contribution in [1.82, 2.24) is 10.2 Å². The average Bonchev–Trinajstić information content (AvgIpc) is 2.26. The lowest BCUT2D eigenvalue weighted by Gasteiger charge is -2.38. The highest BCUT2D eigenvalue weighted by Crippen LogP contribution is 2.14. The number of piperazine rings is 1. The minimum absolute atomic E-state index is 0.0250. The van der Waals surface area contributed by atoms with E-state index in [2.05, 4.69) is 5.32 Å². The van der Waals surface area contributed by atoms with Gasteiger partial charge in [-0.15, -0.1) is 0 Å². The predicted molar refractivity (Wildman–Crippen MR) is 64.5 cm³/mol. The molecule has 0 aromatic rings. The topological polar surface area (TPSA) is 58.6 Å². The molecule has 2 amide bonds. The number of rotatable bonds is 5. The van der Waals surface area contributed by atoms with Crippen molar-refractivity contribution in [3.05, 3.63) is 0 Å². The van der Waals surface area contributed by atoms with E-state index in [-0.39, 0.29) is 24.0 Å². The fourth-order valence-electron chi connectivity index (χ4n) is 2.15. The lowest BCUT2D eigenvalue weighted by atomic mass is 10.1. The molecule has 1 rings (SSSR count). The van der Waals surface area contributed by atoms with E-state index in [1.165, 1.54) is 0 Å². The van der Waals surface area contributed by atoms with Crippen LogP contribution in [0.3, 0.4) is 0 Å². The number of carbonyl (C=O) groups excluding carboxylic acids is 2. The Morgan fingerprint density at radius 1 is 1.41 bits per heavy atom. The molecule has 0 aromatic carbocycles. The Bertz CT molecular complexity index is 293. The Balaban J connectivity index is 2.75. The van der Waals surface area contributed by atoms with Crippen LogP contribution in [0.4, 0.5) is 0 Å². The molecule has 0 bridgehead atoms. The molecule has 1 saturated heterocycles. The van der Waals surface area contributed by atoms with Crippen LogP contribution in [0, 0.1) is 0 Å². The second kappa shape index (κ2) is 6.00. The summed E-state index contributed by atoms with van der Waals surface area (Å²) in [6.45, 7) is 8.54. The van der Waals surface area contributed by atoms with Crippen LogP contribution in [0.15, 0.2) is 0 Å². The second-order valence-corrected chi connectivity index (χ2v) is 4.41. The lowest BCUT2D eigenvalue weighted by Crippen LogP contribution is -2.63. The zero-order chi connectivity index (χ0) is 13.0. The van der Waals surface area contributed by atoms with Gasteiger partial charge in [-0.1, -0.05) is 6.92 Å². The van der Waals surface area contributed by atoms with Gasteiger partial charge in [-0.25, -0.2) is 0 Å². The summed E-state index contributed by atoms with van der Waals surface area (Å²) >= 11 is 0. The van der Waals surface area contributed by atoms with Gasteiger partial charge in [-0.05, 0) is 27.2 Å². The van der Waals surface area contributed by atoms with E-state index >= 15 is 0 Å². The molecule has 5 heteroatoms. The summed E-state index contributed by atoms with van der Waals surface area (Å²) in [5, 5.41) is 2.69. The van der Waals surface area contributed by atoms with Crippen molar-refractivity contribution in [2.24, 2.45) is 0 Å². The van der Waals surface area contributed by atoms with E-state index in [1.807, 2.05) is 20.8 Å². The lowest BCUT2D eigenvalue weighted by molar-refractivity contribution is -0.150. The molecule has 1 N–H and O–H groups in total. The van der Waals surface area contributed by atoms with Crippen LogP contribution in [0.25, 0.3) is 0 Å². The molecule has 0 spiro atoms. The molecular formula is C12H22N2O3. The van der Waals surface area contributed by atoms with Gasteiger partial charge in [-0.2, -0.15) is 0 Å². The van der Waals surface area contributed by atoms with Gasteiger partial charge in [0.15, 0.2) is 0 Å². The molecule has 0 aromatic heterocycles. The van der Waals surface area contributed by atoms with Crippen LogP contribution in [0.2, 0.25) is 0 Å². The summed E-state index contributed by atoms with van der Waals surface area (Å²) in [6, 6.07) is -0.791. The van der Waals surface area contributed by atoms with Crippen molar-refractivity contribution in [3.63, 3.8) is 0 Å². The van der Waals surface area contributed by atoms with Gasteiger partial charge in [0.1, 0.15) is 12.1 Å². The fourth-order valence-corrected chi connectivity index (χ4v) is 2.15. The highest BCUT2D eigenvalue weighted by Gasteiger charge is 2.37.